The van der Waals surface area contributed by atoms with Gasteiger partial charge in [0.05, 0.1) is 24.8 Å². The second kappa shape index (κ2) is 6.30. The highest BCUT2D eigenvalue weighted by atomic mass is 35.5. The summed E-state index contributed by atoms with van der Waals surface area (Å²) in [6.45, 7) is 0. The van der Waals surface area contributed by atoms with Gasteiger partial charge in [-0.1, -0.05) is 29.8 Å². The molecular formula is C17H14ClNO4. The summed E-state index contributed by atoms with van der Waals surface area (Å²) in [5.41, 5.74) is 1.71. The second-order valence-electron chi connectivity index (χ2n) is 5.08. The van der Waals surface area contributed by atoms with E-state index in [0.29, 0.717) is 22.0 Å². The van der Waals surface area contributed by atoms with Crippen LogP contribution >= 0.6 is 11.6 Å². The van der Waals surface area contributed by atoms with Crippen molar-refractivity contribution in [2.75, 3.05) is 12.4 Å². The van der Waals surface area contributed by atoms with Gasteiger partial charge in [0, 0.05) is 10.6 Å². The summed E-state index contributed by atoms with van der Waals surface area (Å²) in [6, 6.07) is 12.0. The maximum atomic E-state index is 12.3. The van der Waals surface area contributed by atoms with Gasteiger partial charge in [-0.2, -0.15) is 0 Å². The van der Waals surface area contributed by atoms with E-state index in [-0.39, 0.29) is 12.3 Å². The van der Waals surface area contributed by atoms with E-state index in [0.717, 1.165) is 5.56 Å². The Kier molecular flexibility index (Phi) is 4.21. The first-order valence-electron chi connectivity index (χ1n) is 7.02. The third kappa shape index (κ3) is 3.14. The summed E-state index contributed by atoms with van der Waals surface area (Å²) >= 11 is 5.94. The topological polar surface area (TPSA) is 64.6 Å². The normalized spacial score (nSPS) is 15.7. The number of benzene rings is 2. The number of amides is 1. The Hall–Kier alpha value is -2.53. The van der Waals surface area contributed by atoms with Crippen LogP contribution in [0, 0.1) is 0 Å². The van der Waals surface area contributed by atoms with Crippen molar-refractivity contribution in [2.24, 2.45) is 0 Å². The minimum absolute atomic E-state index is 0.0262. The molecule has 1 heterocycles. The van der Waals surface area contributed by atoms with Gasteiger partial charge in [-0.15, -0.1) is 0 Å². The average molecular weight is 332 g/mol. The molecule has 1 aliphatic heterocycles. The van der Waals surface area contributed by atoms with Crippen molar-refractivity contribution >= 4 is 29.2 Å². The number of fused-ring (bicyclic) bond motifs is 1. The number of methoxy groups -OCH3 is 1. The van der Waals surface area contributed by atoms with Crippen molar-refractivity contribution < 1.29 is 19.1 Å². The molecule has 0 aliphatic carbocycles. The number of rotatable bonds is 4. The molecule has 0 unspecified atom stereocenters. The summed E-state index contributed by atoms with van der Waals surface area (Å²) in [5, 5.41) is 3.22. The lowest BCUT2D eigenvalue weighted by Gasteiger charge is -2.13. The minimum atomic E-state index is -0.580. The minimum Gasteiger partial charge on any atom is -0.495 e. The molecule has 0 saturated heterocycles. The first-order chi connectivity index (χ1) is 11.1. The molecule has 0 aromatic heterocycles. The van der Waals surface area contributed by atoms with E-state index in [1.165, 1.54) is 7.11 Å². The number of hydrogen-bond acceptors (Lipinski definition) is 4. The van der Waals surface area contributed by atoms with E-state index in [1.54, 1.807) is 36.4 Å². The molecule has 6 heteroatoms. The summed E-state index contributed by atoms with van der Waals surface area (Å²) in [6.07, 6.45) is -0.554. The van der Waals surface area contributed by atoms with Gasteiger partial charge in [0.15, 0.2) is 0 Å². The lowest BCUT2D eigenvalue weighted by atomic mass is 10.0. The smallest absolute Gasteiger partial charge is 0.339 e. The molecule has 5 nitrogen and oxygen atoms in total. The molecule has 1 aliphatic rings. The Balaban J connectivity index is 1.74. The van der Waals surface area contributed by atoms with E-state index in [9.17, 15) is 9.59 Å². The lowest BCUT2D eigenvalue weighted by molar-refractivity contribution is -0.118. The number of nitrogens with one attached hydrogen (secondary N) is 1. The molecule has 0 spiro atoms. The zero-order valence-corrected chi connectivity index (χ0v) is 13.1. The summed E-state index contributed by atoms with van der Waals surface area (Å²) in [7, 11) is 1.51. The predicted molar refractivity (Wildman–Crippen MR) is 85.8 cm³/mol. The van der Waals surface area contributed by atoms with E-state index in [1.807, 2.05) is 6.07 Å². The number of ether oxygens (including phenoxy) is 2. The largest absolute Gasteiger partial charge is 0.495 e. The summed E-state index contributed by atoms with van der Waals surface area (Å²) in [5.74, 6) is -0.189. The van der Waals surface area contributed by atoms with Crippen molar-refractivity contribution in [3.8, 4) is 5.75 Å². The van der Waals surface area contributed by atoms with Crippen LogP contribution in [0.25, 0.3) is 0 Å². The summed E-state index contributed by atoms with van der Waals surface area (Å²) < 4.78 is 10.4. The SMILES string of the molecule is COc1ccc(Cl)cc1NC(=O)C[C@@H]1OC(=O)c2ccccc21. The van der Waals surface area contributed by atoms with Gasteiger partial charge >= 0.3 is 5.97 Å². The number of cyclic esters (lactones) is 1. The fraction of sp³-hybridized carbons (Fsp3) is 0.176. The third-order valence-corrected chi connectivity index (χ3v) is 3.82. The molecule has 0 bridgehead atoms. The highest BCUT2D eigenvalue weighted by Gasteiger charge is 2.32. The van der Waals surface area contributed by atoms with Crippen LogP contribution in [0.5, 0.6) is 5.75 Å². The first kappa shape index (κ1) is 15.4. The van der Waals surface area contributed by atoms with E-state index < -0.39 is 12.1 Å². The van der Waals surface area contributed by atoms with Crippen LogP contribution in [0.2, 0.25) is 5.02 Å². The standard InChI is InChI=1S/C17H14ClNO4/c1-22-14-7-6-10(18)8-13(14)19-16(20)9-15-11-4-2-3-5-12(11)17(21)23-15/h2-8,15H,9H2,1H3,(H,19,20)/t15-/m0/s1. The maximum absolute atomic E-state index is 12.3. The van der Waals surface area contributed by atoms with Crippen LogP contribution < -0.4 is 10.1 Å². The van der Waals surface area contributed by atoms with Crippen LogP contribution in [-0.4, -0.2) is 19.0 Å². The average Bonchev–Trinajstić information content (AvgIpc) is 2.84. The van der Waals surface area contributed by atoms with Gasteiger partial charge in [-0.05, 0) is 24.3 Å². The number of carbonyl (C=O) groups excluding carboxylic acids is 2. The zero-order chi connectivity index (χ0) is 16.4. The maximum Gasteiger partial charge on any atom is 0.339 e. The number of anilines is 1. The number of carbonyl (C=O) groups is 2. The quantitative estimate of drug-likeness (QED) is 0.870. The molecule has 2 aromatic rings. The van der Waals surface area contributed by atoms with Gasteiger partial charge in [0.1, 0.15) is 11.9 Å². The Labute approximate surface area is 138 Å². The lowest BCUT2D eigenvalue weighted by Crippen LogP contribution is -2.16. The zero-order valence-electron chi connectivity index (χ0n) is 12.3. The molecule has 1 N–H and O–H groups in total. The molecule has 2 aromatic carbocycles. The van der Waals surface area contributed by atoms with E-state index in [4.69, 9.17) is 21.1 Å². The Morgan fingerprint density at radius 2 is 2.09 bits per heavy atom. The molecule has 3 rings (SSSR count). The first-order valence-corrected chi connectivity index (χ1v) is 7.39. The van der Waals surface area contributed by atoms with Crippen molar-refractivity contribution in [1.29, 1.82) is 0 Å². The Bertz CT molecular complexity index is 775. The van der Waals surface area contributed by atoms with Crippen molar-refractivity contribution in [1.82, 2.24) is 0 Å². The van der Waals surface area contributed by atoms with Crippen LogP contribution in [0.1, 0.15) is 28.4 Å². The highest BCUT2D eigenvalue weighted by Crippen LogP contribution is 2.34. The van der Waals surface area contributed by atoms with Crippen LogP contribution in [0.15, 0.2) is 42.5 Å². The molecule has 0 saturated carbocycles. The molecule has 1 atom stereocenters. The van der Waals surface area contributed by atoms with Gasteiger partial charge in [-0.3, -0.25) is 4.79 Å². The molecule has 0 fully saturated rings. The van der Waals surface area contributed by atoms with Gasteiger partial charge < -0.3 is 14.8 Å². The molecule has 23 heavy (non-hydrogen) atoms. The fourth-order valence-corrected chi connectivity index (χ4v) is 2.69. The Morgan fingerprint density at radius 3 is 2.87 bits per heavy atom. The number of esters is 1. The molecular weight excluding hydrogens is 318 g/mol. The summed E-state index contributed by atoms with van der Waals surface area (Å²) in [4.78, 5) is 24.0. The van der Waals surface area contributed by atoms with Crippen molar-refractivity contribution in [3.05, 3.63) is 58.6 Å². The van der Waals surface area contributed by atoms with Crippen molar-refractivity contribution in [3.63, 3.8) is 0 Å². The van der Waals surface area contributed by atoms with Crippen LogP contribution in [0.3, 0.4) is 0 Å². The molecule has 1 amide bonds. The third-order valence-electron chi connectivity index (χ3n) is 3.58. The number of halogens is 1. The predicted octanol–water partition coefficient (Wildman–Crippen LogP) is 3.59. The van der Waals surface area contributed by atoms with Gasteiger partial charge in [-0.25, -0.2) is 4.79 Å². The molecule has 118 valence electrons. The monoisotopic (exact) mass is 331 g/mol. The van der Waals surface area contributed by atoms with Gasteiger partial charge in [0.2, 0.25) is 5.91 Å². The van der Waals surface area contributed by atoms with Gasteiger partial charge in [0.25, 0.3) is 0 Å². The van der Waals surface area contributed by atoms with Crippen LogP contribution in [0.4, 0.5) is 5.69 Å². The Morgan fingerprint density at radius 1 is 1.30 bits per heavy atom. The second-order valence-corrected chi connectivity index (χ2v) is 5.51. The number of hydrogen-bond donors (Lipinski definition) is 1. The molecule has 0 radical (unpaired) electrons. The van der Waals surface area contributed by atoms with Crippen molar-refractivity contribution in [2.45, 2.75) is 12.5 Å². The van der Waals surface area contributed by atoms with Crippen LogP contribution in [-0.2, 0) is 9.53 Å². The fourth-order valence-electron chi connectivity index (χ4n) is 2.52. The highest BCUT2D eigenvalue weighted by molar-refractivity contribution is 6.31. The van der Waals surface area contributed by atoms with E-state index >= 15 is 0 Å². The van der Waals surface area contributed by atoms with E-state index in [2.05, 4.69) is 5.32 Å².